The van der Waals surface area contributed by atoms with Crippen molar-refractivity contribution in [2.24, 2.45) is 0 Å². The molecule has 0 saturated carbocycles. The van der Waals surface area contributed by atoms with E-state index in [1.165, 1.54) is 0 Å². The van der Waals surface area contributed by atoms with E-state index in [4.69, 9.17) is 11.6 Å². The Balaban J connectivity index is 1.99. The molecule has 1 aromatic rings. The summed E-state index contributed by atoms with van der Waals surface area (Å²) in [7, 11) is 0. The second-order valence-electron chi connectivity index (χ2n) is 3.18. The molecule has 2 fully saturated rings. The summed E-state index contributed by atoms with van der Waals surface area (Å²) in [6.07, 6.45) is 0. The Morgan fingerprint density at radius 1 is 0.846 bits per heavy atom. The molecule has 3 rings (SSSR count). The molecule has 1 aromatic heterocycles. The van der Waals surface area contributed by atoms with Gasteiger partial charge in [-0.2, -0.15) is 15.0 Å². The Morgan fingerprint density at radius 2 is 1.31 bits per heavy atom. The zero-order chi connectivity index (χ0) is 8.84. The molecular weight excluding hydrogens is 190 g/mol. The molecule has 0 spiro atoms. The highest BCUT2D eigenvalue weighted by Crippen LogP contribution is 2.23. The smallest absolute Gasteiger partial charge is 0.231 e. The molecule has 13 heavy (non-hydrogen) atoms. The zero-order valence-electron chi connectivity index (χ0n) is 6.94. The van der Waals surface area contributed by atoms with Crippen LogP contribution in [0.3, 0.4) is 0 Å². The van der Waals surface area contributed by atoms with Crippen LogP contribution in [-0.4, -0.2) is 41.1 Å². The number of nitrogens with zero attached hydrogens (tertiary/aromatic N) is 5. The third kappa shape index (κ3) is 1.39. The van der Waals surface area contributed by atoms with Crippen molar-refractivity contribution < 1.29 is 0 Å². The van der Waals surface area contributed by atoms with Gasteiger partial charge in [0.1, 0.15) is 0 Å². The predicted molar refractivity (Wildman–Crippen MR) is 49.3 cm³/mol. The number of rotatable bonds is 2. The molecule has 3 heterocycles. The summed E-state index contributed by atoms with van der Waals surface area (Å²) >= 11 is 5.78. The van der Waals surface area contributed by atoms with Crippen LogP contribution in [-0.2, 0) is 0 Å². The average Bonchev–Trinajstić information content (AvgIpc) is 2.98. The predicted octanol–water partition coefficient (Wildman–Crippen LogP) is 0.165. The van der Waals surface area contributed by atoms with E-state index < -0.39 is 0 Å². The van der Waals surface area contributed by atoms with Crippen LogP contribution in [0.2, 0.25) is 5.28 Å². The first-order valence-electron chi connectivity index (χ1n) is 4.24. The summed E-state index contributed by atoms with van der Waals surface area (Å²) in [4.78, 5) is 16.5. The van der Waals surface area contributed by atoms with Crippen molar-refractivity contribution in [1.29, 1.82) is 0 Å². The summed E-state index contributed by atoms with van der Waals surface area (Å²) < 4.78 is 0. The Labute approximate surface area is 80.4 Å². The van der Waals surface area contributed by atoms with E-state index >= 15 is 0 Å². The largest absolute Gasteiger partial charge is 0.337 e. The van der Waals surface area contributed by atoms with Crippen molar-refractivity contribution in [3.63, 3.8) is 0 Å². The highest BCUT2D eigenvalue weighted by molar-refractivity contribution is 6.28. The molecule has 68 valence electrons. The van der Waals surface area contributed by atoms with E-state index in [9.17, 15) is 0 Å². The van der Waals surface area contributed by atoms with Gasteiger partial charge < -0.3 is 9.80 Å². The van der Waals surface area contributed by atoms with Crippen LogP contribution in [0, 0.1) is 0 Å². The fraction of sp³-hybridized carbons (Fsp3) is 0.571. The molecule has 5 nitrogen and oxygen atoms in total. The average molecular weight is 198 g/mol. The number of anilines is 2. The van der Waals surface area contributed by atoms with Gasteiger partial charge in [0.2, 0.25) is 17.2 Å². The second-order valence-corrected chi connectivity index (χ2v) is 3.52. The van der Waals surface area contributed by atoms with Crippen LogP contribution in [0.4, 0.5) is 11.9 Å². The third-order valence-corrected chi connectivity index (χ3v) is 2.21. The highest BCUT2D eigenvalue weighted by atomic mass is 35.5. The maximum absolute atomic E-state index is 5.78. The number of hydrogen-bond acceptors (Lipinski definition) is 5. The second kappa shape index (κ2) is 2.45. The molecule has 0 unspecified atom stereocenters. The van der Waals surface area contributed by atoms with E-state index in [2.05, 4.69) is 24.8 Å². The zero-order valence-corrected chi connectivity index (χ0v) is 7.70. The van der Waals surface area contributed by atoms with Gasteiger partial charge in [-0.3, -0.25) is 0 Å². The minimum Gasteiger partial charge on any atom is -0.337 e. The van der Waals surface area contributed by atoms with Crippen molar-refractivity contribution in [1.82, 2.24) is 15.0 Å². The van der Waals surface area contributed by atoms with E-state index in [0.29, 0.717) is 17.2 Å². The Kier molecular flexibility index (Phi) is 1.38. The quantitative estimate of drug-likeness (QED) is 0.633. The Hall–Kier alpha value is -1.10. The van der Waals surface area contributed by atoms with Crippen molar-refractivity contribution in [3.05, 3.63) is 5.28 Å². The van der Waals surface area contributed by atoms with Crippen LogP contribution in [0.15, 0.2) is 0 Å². The van der Waals surface area contributed by atoms with Gasteiger partial charge in [0, 0.05) is 26.2 Å². The monoisotopic (exact) mass is 197 g/mol. The summed E-state index contributed by atoms with van der Waals surface area (Å²) in [5.41, 5.74) is 0. The lowest BCUT2D eigenvalue weighted by Crippen LogP contribution is -2.05. The van der Waals surface area contributed by atoms with E-state index in [0.717, 1.165) is 26.2 Å². The first kappa shape index (κ1) is 7.32. The normalized spacial score (nSPS) is 19.2. The van der Waals surface area contributed by atoms with Crippen LogP contribution in [0.1, 0.15) is 0 Å². The highest BCUT2D eigenvalue weighted by Gasteiger charge is 2.26. The van der Waals surface area contributed by atoms with Crippen molar-refractivity contribution >= 4 is 23.5 Å². The Bertz CT molecular complexity index is 316. The SMILES string of the molecule is Clc1nc(N2CC2)nc(N2CC2)n1. The van der Waals surface area contributed by atoms with Gasteiger partial charge in [0.25, 0.3) is 0 Å². The van der Waals surface area contributed by atoms with Gasteiger partial charge in [-0.15, -0.1) is 0 Å². The lowest BCUT2D eigenvalue weighted by atomic mass is 10.8. The molecule has 6 heteroatoms. The lowest BCUT2D eigenvalue weighted by molar-refractivity contribution is 1.00. The molecule has 2 saturated heterocycles. The lowest BCUT2D eigenvalue weighted by Gasteiger charge is -2.04. The molecule has 0 aromatic carbocycles. The van der Waals surface area contributed by atoms with Crippen LogP contribution < -0.4 is 9.80 Å². The molecule has 0 aliphatic carbocycles. The Morgan fingerprint density at radius 3 is 1.69 bits per heavy atom. The van der Waals surface area contributed by atoms with Crippen molar-refractivity contribution in [2.75, 3.05) is 36.0 Å². The van der Waals surface area contributed by atoms with Gasteiger partial charge >= 0.3 is 0 Å². The summed E-state index contributed by atoms with van der Waals surface area (Å²) in [5.74, 6) is 1.42. The van der Waals surface area contributed by atoms with Crippen LogP contribution in [0.25, 0.3) is 0 Å². The minimum absolute atomic E-state index is 0.291. The molecule has 2 aliphatic rings. The molecule has 2 aliphatic heterocycles. The fourth-order valence-corrected chi connectivity index (χ4v) is 1.26. The molecular formula is C7H8ClN5. The number of aromatic nitrogens is 3. The van der Waals surface area contributed by atoms with Crippen LogP contribution in [0.5, 0.6) is 0 Å². The number of halogens is 1. The molecule has 0 bridgehead atoms. The topological polar surface area (TPSA) is 44.7 Å². The van der Waals surface area contributed by atoms with Gasteiger partial charge in [-0.25, -0.2) is 0 Å². The first-order chi connectivity index (χ1) is 6.33. The standard InChI is InChI=1S/C7H8ClN5/c8-5-9-6(12-1-2-12)11-7(10-5)13-3-4-13/h1-4H2. The molecule has 0 amide bonds. The summed E-state index contributed by atoms with van der Waals surface area (Å²) in [5, 5.41) is 0.291. The molecule has 0 radical (unpaired) electrons. The summed E-state index contributed by atoms with van der Waals surface area (Å²) in [6, 6.07) is 0. The maximum atomic E-state index is 5.78. The first-order valence-corrected chi connectivity index (χ1v) is 4.62. The van der Waals surface area contributed by atoms with Crippen LogP contribution >= 0.6 is 11.6 Å². The van der Waals surface area contributed by atoms with E-state index in [1.54, 1.807) is 0 Å². The minimum atomic E-state index is 0.291. The van der Waals surface area contributed by atoms with Crippen molar-refractivity contribution in [3.8, 4) is 0 Å². The van der Waals surface area contributed by atoms with E-state index in [-0.39, 0.29) is 0 Å². The van der Waals surface area contributed by atoms with Gasteiger partial charge in [-0.1, -0.05) is 0 Å². The summed E-state index contributed by atoms with van der Waals surface area (Å²) in [6.45, 7) is 4.11. The van der Waals surface area contributed by atoms with Crippen molar-refractivity contribution in [2.45, 2.75) is 0 Å². The fourth-order valence-electron chi connectivity index (χ4n) is 1.11. The maximum Gasteiger partial charge on any atom is 0.231 e. The van der Waals surface area contributed by atoms with E-state index in [1.807, 2.05) is 0 Å². The van der Waals surface area contributed by atoms with Gasteiger partial charge in [-0.05, 0) is 11.6 Å². The molecule has 0 N–H and O–H groups in total. The van der Waals surface area contributed by atoms with Gasteiger partial charge in [0.05, 0.1) is 0 Å². The van der Waals surface area contributed by atoms with Gasteiger partial charge in [0.15, 0.2) is 0 Å². The molecule has 0 atom stereocenters. The number of hydrogen-bond donors (Lipinski definition) is 0. The third-order valence-electron chi connectivity index (χ3n) is 2.04.